The highest BCUT2D eigenvalue weighted by Crippen LogP contribution is 2.19. The zero-order valence-electron chi connectivity index (χ0n) is 11.0. The molecule has 2 N–H and O–H groups in total. The topological polar surface area (TPSA) is 97.2 Å². The van der Waals surface area contributed by atoms with E-state index in [1.54, 1.807) is 7.05 Å². The molecule has 0 saturated heterocycles. The molecule has 21 heavy (non-hydrogen) atoms. The van der Waals surface area contributed by atoms with E-state index >= 15 is 0 Å². The van der Waals surface area contributed by atoms with Gasteiger partial charge in [0.05, 0.1) is 16.7 Å². The van der Waals surface area contributed by atoms with Crippen LogP contribution >= 0.6 is 0 Å². The number of nitro benzene ring substituents is 1. The molecule has 8 heteroatoms. The number of anilines is 2. The number of benzene rings is 1. The zero-order chi connectivity index (χ0) is 15.4. The lowest BCUT2D eigenvalue weighted by Gasteiger charge is -2.09. The van der Waals surface area contributed by atoms with Crippen molar-refractivity contribution >= 4 is 23.1 Å². The van der Waals surface area contributed by atoms with Gasteiger partial charge in [-0.25, -0.2) is 9.37 Å². The number of nitro groups is 1. The van der Waals surface area contributed by atoms with Gasteiger partial charge in [0, 0.05) is 24.9 Å². The van der Waals surface area contributed by atoms with Gasteiger partial charge in [-0.05, 0) is 12.1 Å². The van der Waals surface area contributed by atoms with E-state index in [1.807, 2.05) is 0 Å². The predicted octanol–water partition coefficient (Wildman–Crippen LogP) is 2.42. The SMILES string of the molecule is CNc1ncc(F)cc1C(=O)Nc1cccc([N+](=O)[O-])c1. The van der Waals surface area contributed by atoms with Crippen LogP contribution in [0.1, 0.15) is 10.4 Å². The van der Waals surface area contributed by atoms with Crippen LogP contribution < -0.4 is 10.6 Å². The summed E-state index contributed by atoms with van der Waals surface area (Å²) in [6, 6.07) is 6.49. The van der Waals surface area contributed by atoms with Gasteiger partial charge >= 0.3 is 0 Å². The first-order valence-corrected chi connectivity index (χ1v) is 5.90. The third kappa shape index (κ3) is 3.30. The van der Waals surface area contributed by atoms with Crippen LogP contribution in [-0.2, 0) is 0 Å². The molecule has 0 bridgehead atoms. The Morgan fingerprint density at radius 1 is 1.38 bits per heavy atom. The summed E-state index contributed by atoms with van der Waals surface area (Å²) in [5, 5.41) is 15.8. The third-order valence-electron chi connectivity index (χ3n) is 2.65. The number of carbonyl (C=O) groups is 1. The number of hydrogen-bond donors (Lipinski definition) is 2. The molecule has 2 rings (SSSR count). The number of nitrogens with one attached hydrogen (secondary N) is 2. The van der Waals surface area contributed by atoms with Gasteiger partial charge in [-0.3, -0.25) is 14.9 Å². The van der Waals surface area contributed by atoms with E-state index in [-0.39, 0.29) is 22.8 Å². The first-order chi connectivity index (χ1) is 10.0. The maximum Gasteiger partial charge on any atom is 0.271 e. The fourth-order valence-corrected chi connectivity index (χ4v) is 1.71. The van der Waals surface area contributed by atoms with Gasteiger partial charge in [0.2, 0.25) is 0 Å². The Kier molecular flexibility index (Phi) is 4.07. The summed E-state index contributed by atoms with van der Waals surface area (Å²) in [5.41, 5.74) is 0.0866. The second-order valence-corrected chi connectivity index (χ2v) is 4.06. The molecule has 7 nitrogen and oxygen atoms in total. The Morgan fingerprint density at radius 3 is 2.81 bits per heavy atom. The van der Waals surface area contributed by atoms with Crippen molar-refractivity contribution in [1.82, 2.24) is 4.98 Å². The molecule has 108 valence electrons. The van der Waals surface area contributed by atoms with E-state index in [9.17, 15) is 19.3 Å². The maximum atomic E-state index is 13.2. The summed E-state index contributed by atoms with van der Waals surface area (Å²) < 4.78 is 13.2. The Hall–Kier alpha value is -3.03. The minimum absolute atomic E-state index is 0.00371. The molecule has 0 aliphatic rings. The van der Waals surface area contributed by atoms with Crippen molar-refractivity contribution in [3.05, 3.63) is 58.0 Å². The molecule has 1 aromatic carbocycles. The lowest BCUT2D eigenvalue weighted by Crippen LogP contribution is -2.15. The summed E-state index contributed by atoms with van der Waals surface area (Å²) in [5.74, 6) is -1.07. The summed E-state index contributed by atoms with van der Waals surface area (Å²) in [7, 11) is 1.55. The Balaban J connectivity index is 2.28. The van der Waals surface area contributed by atoms with Gasteiger partial charge in [-0.15, -0.1) is 0 Å². The first-order valence-electron chi connectivity index (χ1n) is 5.90. The van der Waals surface area contributed by atoms with Crippen molar-refractivity contribution in [3.8, 4) is 0 Å². The lowest BCUT2D eigenvalue weighted by molar-refractivity contribution is -0.384. The number of pyridine rings is 1. The van der Waals surface area contributed by atoms with Crippen LogP contribution in [0.2, 0.25) is 0 Å². The number of amides is 1. The van der Waals surface area contributed by atoms with Crippen LogP contribution in [-0.4, -0.2) is 22.9 Å². The number of carbonyl (C=O) groups excluding carboxylic acids is 1. The average molecular weight is 290 g/mol. The number of nitrogens with zero attached hydrogens (tertiary/aromatic N) is 2. The van der Waals surface area contributed by atoms with Crippen LogP contribution in [0.25, 0.3) is 0 Å². The highest BCUT2D eigenvalue weighted by Gasteiger charge is 2.15. The molecule has 1 amide bonds. The molecule has 0 unspecified atom stereocenters. The van der Waals surface area contributed by atoms with Crippen molar-refractivity contribution in [2.24, 2.45) is 0 Å². The maximum absolute atomic E-state index is 13.2. The number of aromatic nitrogens is 1. The molecule has 1 heterocycles. The van der Waals surface area contributed by atoms with Crippen molar-refractivity contribution in [1.29, 1.82) is 0 Å². The number of halogens is 1. The molecular weight excluding hydrogens is 279 g/mol. The summed E-state index contributed by atoms with van der Waals surface area (Å²) in [4.78, 5) is 26.0. The van der Waals surface area contributed by atoms with Crippen LogP contribution in [0.15, 0.2) is 36.5 Å². The third-order valence-corrected chi connectivity index (χ3v) is 2.65. The standard InChI is InChI=1S/C13H11FN4O3/c1-15-12-11(5-8(14)7-16-12)13(19)17-9-3-2-4-10(6-9)18(20)21/h2-7H,1H3,(H,15,16)(H,17,19). The van der Waals surface area contributed by atoms with Crippen LogP contribution in [0.3, 0.4) is 0 Å². The summed E-state index contributed by atoms with van der Waals surface area (Å²) >= 11 is 0. The van der Waals surface area contributed by atoms with E-state index in [2.05, 4.69) is 15.6 Å². The fourth-order valence-electron chi connectivity index (χ4n) is 1.71. The van der Waals surface area contributed by atoms with Crippen molar-refractivity contribution in [2.45, 2.75) is 0 Å². The van der Waals surface area contributed by atoms with Crippen LogP contribution in [0.5, 0.6) is 0 Å². The minimum atomic E-state index is -0.654. The monoisotopic (exact) mass is 290 g/mol. The minimum Gasteiger partial charge on any atom is -0.372 e. The van der Waals surface area contributed by atoms with Crippen molar-refractivity contribution in [2.75, 3.05) is 17.7 Å². The molecule has 0 saturated carbocycles. The fraction of sp³-hybridized carbons (Fsp3) is 0.0769. The predicted molar refractivity (Wildman–Crippen MR) is 74.8 cm³/mol. The molecule has 0 fully saturated rings. The van der Waals surface area contributed by atoms with Crippen LogP contribution in [0, 0.1) is 15.9 Å². The van der Waals surface area contributed by atoms with Gasteiger partial charge in [-0.1, -0.05) is 6.07 Å². The Labute approximate surface area is 119 Å². The molecule has 0 radical (unpaired) electrons. The van der Waals surface area contributed by atoms with Gasteiger partial charge in [-0.2, -0.15) is 0 Å². The Morgan fingerprint density at radius 2 is 2.14 bits per heavy atom. The lowest BCUT2D eigenvalue weighted by atomic mass is 10.2. The molecule has 0 atom stereocenters. The van der Waals surface area contributed by atoms with Crippen molar-refractivity contribution < 1.29 is 14.1 Å². The van der Waals surface area contributed by atoms with Gasteiger partial charge in [0.25, 0.3) is 11.6 Å². The second kappa shape index (κ2) is 5.95. The van der Waals surface area contributed by atoms with Gasteiger partial charge in [0.1, 0.15) is 11.6 Å². The molecular formula is C13H11FN4O3. The molecule has 0 aliphatic heterocycles. The smallest absolute Gasteiger partial charge is 0.271 e. The van der Waals surface area contributed by atoms with E-state index in [0.29, 0.717) is 0 Å². The molecule has 1 aromatic heterocycles. The van der Waals surface area contributed by atoms with Crippen molar-refractivity contribution in [3.63, 3.8) is 0 Å². The first kappa shape index (κ1) is 14.4. The average Bonchev–Trinajstić information content (AvgIpc) is 2.47. The number of non-ortho nitro benzene ring substituents is 1. The van der Waals surface area contributed by atoms with E-state index in [1.165, 1.54) is 24.3 Å². The highest BCUT2D eigenvalue weighted by molar-refractivity contribution is 6.07. The Bertz CT molecular complexity index is 706. The zero-order valence-corrected chi connectivity index (χ0v) is 11.0. The van der Waals surface area contributed by atoms with E-state index in [0.717, 1.165) is 12.3 Å². The molecule has 0 aliphatic carbocycles. The number of rotatable bonds is 4. The van der Waals surface area contributed by atoms with E-state index < -0.39 is 16.6 Å². The van der Waals surface area contributed by atoms with Crippen LogP contribution in [0.4, 0.5) is 21.6 Å². The highest BCUT2D eigenvalue weighted by atomic mass is 19.1. The van der Waals surface area contributed by atoms with Gasteiger partial charge in [0.15, 0.2) is 0 Å². The number of hydrogen-bond acceptors (Lipinski definition) is 5. The van der Waals surface area contributed by atoms with Gasteiger partial charge < -0.3 is 10.6 Å². The molecule has 2 aromatic rings. The second-order valence-electron chi connectivity index (χ2n) is 4.06. The quantitative estimate of drug-likeness (QED) is 0.665. The molecule has 0 spiro atoms. The van der Waals surface area contributed by atoms with E-state index in [4.69, 9.17) is 0 Å². The normalized spacial score (nSPS) is 10.0. The largest absolute Gasteiger partial charge is 0.372 e. The summed E-state index contributed by atoms with van der Waals surface area (Å²) in [6.45, 7) is 0. The summed E-state index contributed by atoms with van der Waals surface area (Å²) in [6.07, 6.45) is 0.982.